The van der Waals surface area contributed by atoms with Gasteiger partial charge in [-0.05, 0) is 51.5 Å². The van der Waals surface area contributed by atoms with E-state index in [0.29, 0.717) is 6.54 Å². The fourth-order valence-electron chi connectivity index (χ4n) is 4.20. The van der Waals surface area contributed by atoms with Crippen molar-refractivity contribution in [2.45, 2.75) is 27.2 Å². The van der Waals surface area contributed by atoms with Gasteiger partial charge in [0.05, 0.1) is 16.1 Å². The van der Waals surface area contributed by atoms with E-state index in [-0.39, 0.29) is 5.91 Å². The third kappa shape index (κ3) is 3.88. The maximum Gasteiger partial charge on any atom is 0.253 e. The summed E-state index contributed by atoms with van der Waals surface area (Å²) >= 11 is 1.69. The molecule has 1 fully saturated rings. The Morgan fingerprint density at radius 3 is 2.53 bits per heavy atom. The average Bonchev–Trinajstić information content (AvgIpc) is 3.25. The van der Waals surface area contributed by atoms with Gasteiger partial charge < -0.3 is 9.80 Å². The zero-order valence-electron chi connectivity index (χ0n) is 18.7. The molecule has 3 heterocycles. The molecule has 0 radical (unpaired) electrons. The van der Waals surface area contributed by atoms with Gasteiger partial charge in [-0.1, -0.05) is 46.7 Å². The van der Waals surface area contributed by atoms with Gasteiger partial charge >= 0.3 is 0 Å². The molecule has 1 aliphatic rings. The Hall–Kier alpha value is -3.19. The molecule has 0 unspecified atom stereocenters. The number of benzene rings is 2. The monoisotopic (exact) mass is 445 g/mol. The molecule has 1 saturated heterocycles. The maximum absolute atomic E-state index is 13.0. The molecule has 0 saturated carbocycles. The molecule has 1 aliphatic heterocycles. The molecule has 0 atom stereocenters. The van der Waals surface area contributed by atoms with Gasteiger partial charge in [-0.25, -0.2) is 4.68 Å². The maximum atomic E-state index is 13.0. The van der Waals surface area contributed by atoms with Crippen molar-refractivity contribution in [2.24, 2.45) is 0 Å². The van der Waals surface area contributed by atoms with E-state index in [9.17, 15) is 4.79 Å². The Balaban J connectivity index is 1.37. The third-order valence-corrected chi connectivity index (χ3v) is 7.19. The Kier molecular flexibility index (Phi) is 5.43. The van der Waals surface area contributed by atoms with E-state index in [1.807, 2.05) is 47.7 Å². The van der Waals surface area contributed by atoms with Gasteiger partial charge in [-0.3, -0.25) is 4.79 Å². The summed E-state index contributed by atoms with van der Waals surface area (Å²) in [5, 5.41) is 5.73. The number of hydrogen-bond acceptors (Lipinski definition) is 5. The van der Waals surface area contributed by atoms with E-state index in [2.05, 4.69) is 36.1 Å². The number of fused-ring (bicyclic) bond motifs is 1. The fraction of sp³-hybridized carbons (Fsp3) is 0.320. The van der Waals surface area contributed by atoms with Crippen LogP contribution in [0.2, 0.25) is 0 Å². The molecule has 2 aromatic carbocycles. The molecular weight excluding hydrogens is 418 g/mol. The molecule has 6 nitrogen and oxygen atoms in total. The van der Waals surface area contributed by atoms with Gasteiger partial charge in [0.2, 0.25) is 0 Å². The molecule has 0 N–H and O–H groups in total. The lowest BCUT2D eigenvalue weighted by atomic mass is 10.1. The van der Waals surface area contributed by atoms with E-state index < -0.39 is 0 Å². The first-order valence-electron chi connectivity index (χ1n) is 11.0. The fourth-order valence-corrected chi connectivity index (χ4v) is 5.24. The predicted molar refractivity (Wildman–Crippen MR) is 130 cm³/mol. The van der Waals surface area contributed by atoms with Gasteiger partial charge in [0, 0.05) is 31.7 Å². The molecule has 32 heavy (non-hydrogen) atoms. The average molecular weight is 446 g/mol. The number of aryl methyl sites for hydroxylation is 3. The van der Waals surface area contributed by atoms with Gasteiger partial charge in [0.15, 0.2) is 10.8 Å². The summed E-state index contributed by atoms with van der Waals surface area (Å²) in [6.45, 7) is 9.29. The topological polar surface area (TPSA) is 54.3 Å². The largest absolute Gasteiger partial charge is 0.346 e. The summed E-state index contributed by atoms with van der Waals surface area (Å²) in [4.78, 5) is 22.3. The van der Waals surface area contributed by atoms with Crippen molar-refractivity contribution >= 4 is 32.7 Å². The normalized spacial score (nSPS) is 14.7. The van der Waals surface area contributed by atoms with E-state index >= 15 is 0 Å². The molecule has 2 aromatic heterocycles. The molecule has 4 aromatic rings. The molecule has 1 amide bonds. The number of carbonyl (C=O) groups excluding carboxylic acids is 1. The highest BCUT2D eigenvalue weighted by Gasteiger charge is 2.24. The lowest BCUT2D eigenvalue weighted by Crippen LogP contribution is -2.35. The van der Waals surface area contributed by atoms with Crippen molar-refractivity contribution < 1.29 is 4.79 Å². The third-order valence-electron chi connectivity index (χ3n) is 5.97. The van der Waals surface area contributed by atoms with Crippen LogP contribution >= 0.6 is 11.3 Å². The number of nitrogens with zero attached hydrogens (tertiary/aromatic N) is 5. The van der Waals surface area contributed by atoms with Crippen molar-refractivity contribution in [3.05, 3.63) is 70.9 Å². The van der Waals surface area contributed by atoms with Crippen molar-refractivity contribution in [3.8, 4) is 5.69 Å². The van der Waals surface area contributed by atoms with Crippen LogP contribution in [-0.4, -0.2) is 51.8 Å². The summed E-state index contributed by atoms with van der Waals surface area (Å²) in [6, 6.07) is 16.2. The van der Waals surface area contributed by atoms with Crippen LogP contribution < -0.4 is 4.90 Å². The van der Waals surface area contributed by atoms with Gasteiger partial charge in [-0.15, -0.1) is 0 Å². The summed E-state index contributed by atoms with van der Waals surface area (Å²) in [5.41, 5.74) is 6.03. The van der Waals surface area contributed by atoms with Crippen molar-refractivity contribution in [3.63, 3.8) is 0 Å². The van der Waals surface area contributed by atoms with Crippen molar-refractivity contribution in [1.29, 1.82) is 0 Å². The summed E-state index contributed by atoms with van der Waals surface area (Å²) < 4.78 is 3.06. The number of amides is 1. The van der Waals surface area contributed by atoms with Crippen LogP contribution in [-0.2, 0) is 0 Å². The lowest BCUT2D eigenvalue weighted by Gasteiger charge is -2.22. The number of anilines is 1. The second-order valence-corrected chi connectivity index (χ2v) is 9.46. The SMILES string of the molecule is Cc1ccc(-n2nc(C)c3sc(N4CCCN(C(=O)c5cccc(C)c5)CC4)nc32)cc1. The standard InChI is InChI=1S/C25H27N5OS/c1-17-8-10-21(11-9-17)30-23-22(19(3)27-30)32-25(26-23)29-13-5-12-28(14-15-29)24(31)20-7-4-6-18(2)16-20/h4,6-11,16H,5,12-15H2,1-3H3. The molecule has 0 spiro atoms. The van der Waals surface area contributed by atoms with Gasteiger partial charge in [-0.2, -0.15) is 10.1 Å². The van der Waals surface area contributed by atoms with E-state index in [1.54, 1.807) is 11.3 Å². The van der Waals surface area contributed by atoms with Crippen LogP contribution in [0.25, 0.3) is 16.0 Å². The van der Waals surface area contributed by atoms with Gasteiger partial charge in [0.25, 0.3) is 5.91 Å². The first kappa shape index (κ1) is 20.7. The van der Waals surface area contributed by atoms with Crippen LogP contribution in [0.15, 0.2) is 48.5 Å². The Morgan fingerprint density at radius 2 is 1.75 bits per heavy atom. The minimum Gasteiger partial charge on any atom is -0.346 e. The van der Waals surface area contributed by atoms with Crippen molar-refractivity contribution in [2.75, 3.05) is 31.1 Å². The van der Waals surface area contributed by atoms with E-state index in [4.69, 9.17) is 10.1 Å². The van der Waals surface area contributed by atoms with E-state index in [0.717, 1.165) is 64.0 Å². The highest BCUT2D eigenvalue weighted by Crippen LogP contribution is 2.33. The minimum atomic E-state index is 0.116. The predicted octanol–water partition coefficient (Wildman–Crippen LogP) is 4.76. The van der Waals surface area contributed by atoms with Crippen LogP contribution in [0.5, 0.6) is 0 Å². The highest BCUT2D eigenvalue weighted by molar-refractivity contribution is 7.22. The Morgan fingerprint density at radius 1 is 0.938 bits per heavy atom. The Bertz CT molecular complexity index is 1270. The number of carbonyl (C=O) groups is 1. The number of rotatable bonds is 3. The van der Waals surface area contributed by atoms with Crippen molar-refractivity contribution in [1.82, 2.24) is 19.7 Å². The molecular formula is C25H27N5OS. The summed E-state index contributed by atoms with van der Waals surface area (Å²) in [6.07, 6.45) is 0.927. The minimum absolute atomic E-state index is 0.116. The second-order valence-electron chi connectivity index (χ2n) is 8.48. The second kappa shape index (κ2) is 8.39. The molecule has 0 bridgehead atoms. The lowest BCUT2D eigenvalue weighted by molar-refractivity contribution is 0.0767. The Labute approximate surface area is 192 Å². The molecule has 5 rings (SSSR count). The highest BCUT2D eigenvalue weighted by atomic mass is 32.1. The summed E-state index contributed by atoms with van der Waals surface area (Å²) in [5.74, 6) is 0.116. The number of aromatic nitrogens is 3. The first-order chi connectivity index (χ1) is 15.5. The zero-order valence-corrected chi connectivity index (χ0v) is 19.5. The van der Waals surface area contributed by atoms with Crippen LogP contribution in [0, 0.1) is 20.8 Å². The number of hydrogen-bond donors (Lipinski definition) is 0. The number of thiazole rings is 1. The quantitative estimate of drug-likeness (QED) is 0.456. The van der Waals surface area contributed by atoms with Crippen LogP contribution in [0.1, 0.15) is 33.6 Å². The smallest absolute Gasteiger partial charge is 0.253 e. The summed E-state index contributed by atoms with van der Waals surface area (Å²) in [7, 11) is 0. The van der Waals surface area contributed by atoms with Gasteiger partial charge in [0.1, 0.15) is 0 Å². The zero-order chi connectivity index (χ0) is 22.2. The first-order valence-corrected chi connectivity index (χ1v) is 11.9. The van der Waals surface area contributed by atoms with E-state index in [1.165, 1.54) is 5.56 Å². The van der Waals surface area contributed by atoms with Crippen LogP contribution in [0.4, 0.5) is 5.13 Å². The van der Waals surface area contributed by atoms with Crippen LogP contribution in [0.3, 0.4) is 0 Å². The molecule has 164 valence electrons. The molecule has 7 heteroatoms. The molecule has 0 aliphatic carbocycles.